The molecule has 0 amide bonds. The van der Waals surface area contributed by atoms with Crippen LogP contribution in [0.4, 0.5) is 0 Å². The van der Waals surface area contributed by atoms with Crippen LogP contribution in [0.5, 0.6) is 5.75 Å². The molecule has 0 radical (unpaired) electrons. The van der Waals surface area contributed by atoms with Crippen molar-refractivity contribution in [2.24, 2.45) is 0 Å². The summed E-state index contributed by atoms with van der Waals surface area (Å²) < 4.78 is 0. The van der Waals surface area contributed by atoms with Crippen molar-refractivity contribution in [2.75, 3.05) is 53.4 Å². The number of phenols is 1. The van der Waals surface area contributed by atoms with E-state index in [1.807, 2.05) is 12.1 Å². The first-order valence-electron chi connectivity index (χ1n) is 8.07. The lowest BCUT2D eigenvalue weighted by Crippen LogP contribution is -2.48. The summed E-state index contributed by atoms with van der Waals surface area (Å²) in [5, 5.41) is 9.98. The fourth-order valence-corrected chi connectivity index (χ4v) is 3.63. The van der Waals surface area contributed by atoms with E-state index in [9.17, 15) is 5.11 Å². The topological polar surface area (TPSA) is 30.0 Å². The summed E-state index contributed by atoms with van der Waals surface area (Å²) in [4.78, 5) is 7.43. The summed E-state index contributed by atoms with van der Waals surface area (Å²) in [6.45, 7) is 6.93. The highest BCUT2D eigenvalue weighted by molar-refractivity contribution is 5.44. The highest BCUT2D eigenvalue weighted by Gasteiger charge is 2.31. The molecule has 3 rings (SSSR count). The third-order valence-electron chi connectivity index (χ3n) is 4.93. The number of benzene rings is 1. The molecule has 0 aromatic heterocycles. The van der Waals surface area contributed by atoms with Gasteiger partial charge >= 0.3 is 0 Å². The van der Waals surface area contributed by atoms with Gasteiger partial charge in [-0.1, -0.05) is 12.1 Å². The molecule has 4 nitrogen and oxygen atoms in total. The van der Waals surface area contributed by atoms with Crippen LogP contribution < -0.4 is 0 Å². The van der Waals surface area contributed by atoms with Crippen molar-refractivity contribution in [1.29, 1.82) is 0 Å². The fourth-order valence-electron chi connectivity index (χ4n) is 3.63. The zero-order valence-electron chi connectivity index (χ0n) is 13.3. The fraction of sp³-hybridized carbons (Fsp3) is 0.647. The average Bonchev–Trinajstić information content (AvgIpc) is 2.91. The molecule has 1 aromatic carbocycles. The van der Waals surface area contributed by atoms with Crippen LogP contribution in [0.1, 0.15) is 23.6 Å². The van der Waals surface area contributed by atoms with Gasteiger partial charge < -0.3 is 10.0 Å². The zero-order valence-corrected chi connectivity index (χ0v) is 13.3. The molecule has 1 unspecified atom stereocenters. The molecule has 1 saturated heterocycles. The van der Waals surface area contributed by atoms with Crippen LogP contribution in [0, 0.1) is 0 Å². The maximum Gasteiger partial charge on any atom is 0.119 e. The van der Waals surface area contributed by atoms with E-state index in [4.69, 9.17) is 0 Å². The van der Waals surface area contributed by atoms with E-state index in [1.54, 1.807) is 0 Å². The molecule has 1 fully saturated rings. The highest BCUT2D eigenvalue weighted by Crippen LogP contribution is 2.39. The Morgan fingerprint density at radius 3 is 2.67 bits per heavy atom. The van der Waals surface area contributed by atoms with Gasteiger partial charge in [-0.3, -0.25) is 9.80 Å². The van der Waals surface area contributed by atoms with Gasteiger partial charge in [-0.2, -0.15) is 0 Å². The van der Waals surface area contributed by atoms with Crippen molar-refractivity contribution in [1.82, 2.24) is 14.7 Å². The molecule has 4 heteroatoms. The minimum absolute atomic E-state index is 0.486. The SMILES string of the molecule is CN(C)CCN1CCN(C2CCc3c(O)cccc32)CC1. The van der Waals surface area contributed by atoms with Gasteiger partial charge in [0.05, 0.1) is 0 Å². The molecule has 1 atom stereocenters. The van der Waals surface area contributed by atoms with Crippen LogP contribution in [0.25, 0.3) is 0 Å². The van der Waals surface area contributed by atoms with E-state index in [2.05, 4.69) is 34.9 Å². The third kappa shape index (κ3) is 3.23. The van der Waals surface area contributed by atoms with Crippen LogP contribution >= 0.6 is 0 Å². The van der Waals surface area contributed by atoms with E-state index in [0.29, 0.717) is 11.8 Å². The van der Waals surface area contributed by atoms with Gasteiger partial charge in [0.25, 0.3) is 0 Å². The van der Waals surface area contributed by atoms with Crippen molar-refractivity contribution in [3.8, 4) is 5.75 Å². The predicted octanol–water partition coefficient (Wildman–Crippen LogP) is 1.56. The number of piperazine rings is 1. The van der Waals surface area contributed by atoms with Gasteiger partial charge in [-0.05, 0) is 44.1 Å². The Morgan fingerprint density at radius 2 is 1.95 bits per heavy atom. The normalized spacial score (nSPS) is 23.7. The van der Waals surface area contributed by atoms with E-state index >= 15 is 0 Å². The van der Waals surface area contributed by atoms with E-state index in [1.165, 1.54) is 30.8 Å². The van der Waals surface area contributed by atoms with E-state index in [-0.39, 0.29) is 0 Å². The molecule has 1 heterocycles. The largest absolute Gasteiger partial charge is 0.508 e. The first kappa shape index (κ1) is 14.8. The second kappa shape index (κ2) is 6.34. The highest BCUT2D eigenvalue weighted by atomic mass is 16.3. The van der Waals surface area contributed by atoms with Crippen LogP contribution in [0.15, 0.2) is 18.2 Å². The van der Waals surface area contributed by atoms with Gasteiger partial charge in [0.15, 0.2) is 0 Å². The Bertz CT molecular complexity index is 481. The van der Waals surface area contributed by atoms with Gasteiger partial charge in [-0.25, -0.2) is 0 Å². The summed E-state index contributed by atoms with van der Waals surface area (Å²) in [5.41, 5.74) is 2.54. The zero-order chi connectivity index (χ0) is 14.8. The van der Waals surface area contributed by atoms with E-state index < -0.39 is 0 Å². The van der Waals surface area contributed by atoms with Crippen LogP contribution in [-0.4, -0.2) is 73.2 Å². The van der Waals surface area contributed by atoms with E-state index in [0.717, 1.165) is 32.5 Å². The smallest absolute Gasteiger partial charge is 0.119 e. The molecule has 21 heavy (non-hydrogen) atoms. The van der Waals surface area contributed by atoms with Crippen molar-refractivity contribution < 1.29 is 5.11 Å². The van der Waals surface area contributed by atoms with Crippen molar-refractivity contribution in [2.45, 2.75) is 18.9 Å². The lowest BCUT2D eigenvalue weighted by molar-refractivity contribution is 0.0917. The first-order chi connectivity index (χ1) is 10.1. The number of phenolic OH excluding ortho intramolecular Hbond substituents is 1. The van der Waals surface area contributed by atoms with Crippen molar-refractivity contribution in [3.05, 3.63) is 29.3 Å². The average molecular weight is 289 g/mol. The van der Waals surface area contributed by atoms with Crippen LogP contribution in [0.3, 0.4) is 0 Å². The Hall–Kier alpha value is -1.10. The van der Waals surface area contributed by atoms with Crippen LogP contribution in [0.2, 0.25) is 0 Å². The maximum atomic E-state index is 9.98. The first-order valence-corrected chi connectivity index (χ1v) is 8.07. The standard InChI is InChI=1S/C17H27N3O/c1-18(2)8-9-19-10-12-20(13-11-19)16-7-6-15-14(16)4-3-5-17(15)21/h3-5,16,21H,6-13H2,1-2H3. The number of fused-ring (bicyclic) bond motifs is 1. The summed E-state index contributed by atoms with van der Waals surface area (Å²) in [6.07, 6.45) is 2.18. The summed E-state index contributed by atoms with van der Waals surface area (Å²) >= 11 is 0. The van der Waals surface area contributed by atoms with Crippen LogP contribution in [-0.2, 0) is 6.42 Å². The number of hydrogen-bond acceptors (Lipinski definition) is 4. The molecule has 1 aliphatic heterocycles. The summed E-state index contributed by atoms with van der Waals surface area (Å²) in [6, 6.07) is 6.52. The number of rotatable bonds is 4. The molecular weight excluding hydrogens is 262 g/mol. The lowest BCUT2D eigenvalue weighted by atomic mass is 10.1. The van der Waals surface area contributed by atoms with Gasteiger partial charge in [0.2, 0.25) is 0 Å². The van der Waals surface area contributed by atoms with Crippen molar-refractivity contribution in [3.63, 3.8) is 0 Å². The number of likely N-dealkylation sites (N-methyl/N-ethyl adjacent to an activating group) is 1. The quantitative estimate of drug-likeness (QED) is 0.911. The maximum absolute atomic E-state index is 9.98. The third-order valence-corrected chi connectivity index (χ3v) is 4.93. The molecule has 0 saturated carbocycles. The molecule has 116 valence electrons. The Labute approximate surface area is 128 Å². The van der Waals surface area contributed by atoms with Crippen molar-refractivity contribution >= 4 is 0 Å². The monoisotopic (exact) mass is 289 g/mol. The second-order valence-electron chi connectivity index (χ2n) is 6.58. The minimum Gasteiger partial charge on any atom is -0.508 e. The molecule has 0 spiro atoms. The summed E-state index contributed by atoms with van der Waals surface area (Å²) in [7, 11) is 4.27. The molecule has 0 bridgehead atoms. The molecule has 1 N–H and O–H groups in total. The minimum atomic E-state index is 0.486. The predicted molar refractivity (Wildman–Crippen MR) is 85.7 cm³/mol. The molecular formula is C17H27N3O. The Balaban J connectivity index is 1.58. The number of aromatic hydroxyl groups is 1. The van der Waals surface area contributed by atoms with Gasteiger partial charge in [0.1, 0.15) is 5.75 Å². The number of nitrogens with zero attached hydrogens (tertiary/aromatic N) is 3. The lowest BCUT2D eigenvalue weighted by Gasteiger charge is -2.38. The Kier molecular flexibility index (Phi) is 4.48. The molecule has 1 aromatic rings. The van der Waals surface area contributed by atoms with Gasteiger partial charge in [-0.15, -0.1) is 0 Å². The van der Waals surface area contributed by atoms with Gasteiger partial charge in [0, 0.05) is 45.3 Å². The molecule has 1 aliphatic carbocycles. The molecule has 2 aliphatic rings. The Morgan fingerprint density at radius 1 is 1.19 bits per heavy atom. The second-order valence-corrected chi connectivity index (χ2v) is 6.58. The number of hydrogen-bond donors (Lipinski definition) is 1. The summed E-state index contributed by atoms with van der Waals surface area (Å²) in [5.74, 6) is 0.486.